The lowest BCUT2D eigenvalue weighted by Crippen LogP contribution is -2.30. The van der Waals surface area contributed by atoms with Crippen LogP contribution in [0.25, 0.3) is 0 Å². The lowest BCUT2D eigenvalue weighted by molar-refractivity contribution is -0.139. The maximum atomic E-state index is 10.4. The molecule has 0 saturated heterocycles. The molecule has 1 unspecified atom stereocenters. The number of unbranched alkanes of at least 4 members (excludes halogenated alkanes) is 1. The summed E-state index contributed by atoms with van der Waals surface area (Å²) in [7, 11) is 0. The molecule has 5 heteroatoms. The van der Waals surface area contributed by atoms with E-state index in [1.807, 2.05) is 0 Å². The number of rotatable bonds is 6. The number of thiol groups is 1. The number of hydrogen-bond acceptors (Lipinski definition) is 4. The molecule has 0 saturated carbocycles. The number of nitrogens with two attached hydrogens (primary N) is 1. The molecule has 0 spiro atoms. The molecule has 11 heavy (non-hydrogen) atoms. The lowest BCUT2D eigenvalue weighted by atomic mass is 10.1. The largest absolute Gasteiger partial charge is 0.480 e. The van der Waals surface area contributed by atoms with Gasteiger partial charge >= 0.3 is 5.97 Å². The Hall–Kier alpha value is -0.260. The van der Waals surface area contributed by atoms with E-state index in [4.69, 9.17) is 10.8 Å². The molecular weight excluding hydrogens is 164 g/mol. The SMILES string of the molecule is NCCCCC(NS)C(=O)O. The molecule has 0 aliphatic carbocycles. The maximum Gasteiger partial charge on any atom is 0.321 e. The highest BCUT2D eigenvalue weighted by atomic mass is 32.1. The van der Waals surface area contributed by atoms with Crippen molar-refractivity contribution in [3.63, 3.8) is 0 Å². The summed E-state index contributed by atoms with van der Waals surface area (Å²) >= 11 is 3.70. The van der Waals surface area contributed by atoms with Crippen LogP contribution >= 0.6 is 12.8 Å². The first-order chi connectivity index (χ1) is 5.22. The van der Waals surface area contributed by atoms with Crippen molar-refractivity contribution in [3.05, 3.63) is 0 Å². The number of aliphatic carboxylic acids is 1. The van der Waals surface area contributed by atoms with Crippen LogP contribution in [0.15, 0.2) is 0 Å². The third-order valence-corrected chi connectivity index (χ3v) is 1.71. The minimum absolute atomic E-state index is 0.551. The van der Waals surface area contributed by atoms with Crippen LogP contribution in [0.2, 0.25) is 0 Å². The number of carbonyl (C=O) groups is 1. The highest BCUT2D eigenvalue weighted by Gasteiger charge is 2.13. The highest BCUT2D eigenvalue weighted by molar-refractivity contribution is 7.78. The maximum absolute atomic E-state index is 10.4. The van der Waals surface area contributed by atoms with Gasteiger partial charge in [-0.05, 0) is 19.4 Å². The summed E-state index contributed by atoms with van der Waals surface area (Å²) in [6.07, 6.45) is 2.26. The van der Waals surface area contributed by atoms with Crippen molar-refractivity contribution in [3.8, 4) is 0 Å². The summed E-state index contributed by atoms with van der Waals surface area (Å²) < 4.78 is 2.41. The van der Waals surface area contributed by atoms with Gasteiger partial charge in [-0.25, -0.2) is 0 Å². The van der Waals surface area contributed by atoms with E-state index in [1.165, 1.54) is 0 Å². The predicted molar refractivity (Wildman–Crippen MR) is 46.5 cm³/mol. The predicted octanol–water partition coefficient (Wildman–Crippen LogP) is 0.00300. The molecule has 0 aliphatic rings. The fraction of sp³-hybridized carbons (Fsp3) is 0.833. The number of carboxylic acids is 1. The summed E-state index contributed by atoms with van der Waals surface area (Å²) in [4.78, 5) is 10.4. The van der Waals surface area contributed by atoms with Crippen molar-refractivity contribution in [2.45, 2.75) is 25.3 Å². The summed E-state index contributed by atoms with van der Waals surface area (Å²) in [6.45, 7) is 0.610. The van der Waals surface area contributed by atoms with E-state index < -0.39 is 12.0 Å². The van der Waals surface area contributed by atoms with Crippen molar-refractivity contribution < 1.29 is 9.90 Å². The van der Waals surface area contributed by atoms with E-state index in [0.717, 1.165) is 12.8 Å². The van der Waals surface area contributed by atoms with Gasteiger partial charge < -0.3 is 10.8 Å². The topological polar surface area (TPSA) is 75.3 Å². The first-order valence-electron chi connectivity index (χ1n) is 3.55. The van der Waals surface area contributed by atoms with E-state index in [0.29, 0.717) is 13.0 Å². The molecule has 4 nitrogen and oxygen atoms in total. The Morgan fingerprint density at radius 2 is 2.27 bits per heavy atom. The molecule has 0 aromatic rings. The molecule has 0 aromatic carbocycles. The Morgan fingerprint density at radius 1 is 1.64 bits per heavy atom. The fourth-order valence-corrected chi connectivity index (χ4v) is 0.976. The molecule has 0 aliphatic heterocycles. The van der Waals surface area contributed by atoms with E-state index in [2.05, 4.69) is 17.5 Å². The number of carboxylic acid groups (broad SMARTS) is 1. The van der Waals surface area contributed by atoms with Crippen LogP contribution in [0.3, 0.4) is 0 Å². The van der Waals surface area contributed by atoms with Gasteiger partial charge in [0.1, 0.15) is 6.04 Å². The molecule has 0 bridgehead atoms. The van der Waals surface area contributed by atoms with Gasteiger partial charge in [-0.1, -0.05) is 19.2 Å². The monoisotopic (exact) mass is 178 g/mol. The van der Waals surface area contributed by atoms with Gasteiger partial charge in [0.15, 0.2) is 0 Å². The number of hydrogen-bond donors (Lipinski definition) is 4. The average molecular weight is 178 g/mol. The van der Waals surface area contributed by atoms with Crippen LogP contribution in [0.1, 0.15) is 19.3 Å². The lowest BCUT2D eigenvalue weighted by Gasteiger charge is -2.08. The Morgan fingerprint density at radius 3 is 2.64 bits per heavy atom. The van der Waals surface area contributed by atoms with E-state index in [-0.39, 0.29) is 0 Å². The second-order valence-electron chi connectivity index (χ2n) is 2.30. The van der Waals surface area contributed by atoms with Crippen molar-refractivity contribution in [1.29, 1.82) is 0 Å². The van der Waals surface area contributed by atoms with Gasteiger partial charge in [0.05, 0.1) is 0 Å². The molecule has 0 radical (unpaired) electrons. The van der Waals surface area contributed by atoms with Crippen LogP contribution < -0.4 is 10.5 Å². The van der Waals surface area contributed by atoms with E-state index >= 15 is 0 Å². The van der Waals surface area contributed by atoms with Crippen molar-refractivity contribution >= 4 is 18.8 Å². The van der Waals surface area contributed by atoms with Gasteiger partial charge in [0.2, 0.25) is 0 Å². The Kier molecular flexibility index (Phi) is 6.30. The molecule has 4 N–H and O–H groups in total. The van der Waals surface area contributed by atoms with Gasteiger partial charge in [0.25, 0.3) is 0 Å². The zero-order valence-corrected chi connectivity index (χ0v) is 7.18. The van der Waals surface area contributed by atoms with Crippen LogP contribution in [-0.4, -0.2) is 23.7 Å². The van der Waals surface area contributed by atoms with Crippen molar-refractivity contribution in [1.82, 2.24) is 4.72 Å². The minimum Gasteiger partial charge on any atom is -0.480 e. The smallest absolute Gasteiger partial charge is 0.321 e. The Bertz CT molecular complexity index is 121. The van der Waals surface area contributed by atoms with Crippen LogP contribution in [0, 0.1) is 0 Å². The minimum atomic E-state index is -0.864. The Balaban J connectivity index is 3.44. The third kappa shape index (κ3) is 5.06. The molecule has 66 valence electrons. The van der Waals surface area contributed by atoms with Crippen molar-refractivity contribution in [2.24, 2.45) is 5.73 Å². The van der Waals surface area contributed by atoms with Crippen molar-refractivity contribution in [2.75, 3.05) is 6.54 Å². The normalized spacial score (nSPS) is 12.9. The quantitative estimate of drug-likeness (QED) is 0.341. The van der Waals surface area contributed by atoms with Gasteiger partial charge in [-0.15, -0.1) is 0 Å². The zero-order valence-electron chi connectivity index (χ0n) is 6.29. The summed E-state index contributed by atoms with van der Waals surface area (Å²) in [5.74, 6) is -0.864. The van der Waals surface area contributed by atoms with E-state index in [1.54, 1.807) is 0 Å². The van der Waals surface area contributed by atoms with Crippen LogP contribution in [-0.2, 0) is 4.79 Å². The first kappa shape index (κ1) is 10.7. The molecule has 1 atom stereocenters. The fourth-order valence-electron chi connectivity index (χ4n) is 0.736. The molecule has 0 aromatic heterocycles. The Labute approximate surface area is 71.7 Å². The van der Waals surface area contributed by atoms with E-state index in [9.17, 15) is 4.79 Å². The molecule has 0 rings (SSSR count). The van der Waals surface area contributed by atoms with Crippen LogP contribution in [0.5, 0.6) is 0 Å². The third-order valence-electron chi connectivity index (χ3n) is 1.40. The molecule has 0 heterocycles. The van der Waals surface area contributed by atoms with Gasteiger partial charge in [-0.3, -0.25) is 9.52 Å². The first-order valence-corrected chi connectivity index (χ1v) is 3.99. The second-order valence-corrected chi connectivity index (χ2v) is 2.56. The standard InChI is InChI=1S/C6H14N2O2S/c7-4-2-1-3-5(8-11)6(9)10/h5,8,11H,1-4,7H2,(H,9,10). The second kappa shape index (κ2) is 6.45. The number of nitrogens with one attached hydrogen (secondary N) is 1. The summed E-state index contributed by atoms with van der Waals surface area (Å²) in [6, 6.07) is -0.551. The molecular formula is C6H14N2O2S. The zero-order chi connectivity index (χ0) is 8.69. The molecule has 0 amide bonds. The molecule has 0 fully saturated rings. The average Bonchev–Trinajstić information content (AvgIpc) is 1.97. The highest BCUT2D eigenvalue weighted by Crippen LogP contribution is 2.00. The van der Waals surface area contributed by atoms with Crippen LogP contribution in [0.4, 0.5) is 0 Å². The summed E-state index contributed by atoms with van der Waals surface area (Å²) in [5, 5.41) is 8.53. The van der Waals surface area contributed by atoms with Gasteiger partial charge in [0, 0.05) is 0 Å². The van der Waals surface area contributed by atoms with Gasteiger partial charge in [-0.2, -0.15) is 0 Å². The summed E-state index contributed by atoms with van der Waals surface area (Å²) in [5.41, 5.74) is 5.25.